The van der Waals surface area contributed by atoms with E-state index in [1.807, 2.05) is 24.7 Å². The highest BCUT2D eigenvalue weighted by Gasteiger charge is 2.04. The summed E-state index contributed by atoms with van der Waals surface area (Å²) in [7, 11) is 1.93. The molecule has 0 unspecified atom stereocenters. The minimum atomic E-state index is 0.489. The molecule has 5 nitrogen and oxygen atoms in total. The van der Waals surface area contributed by atoms with Gasteiger partial charge >= 0.3 is 0 Å². The molecular formula is C11H14ClN5. The van der Waals surface area contributed by atoms with Crippen LogP contribution in [0.15, 0.2) is 18.6 Å². The predicted molar refractivity (Wildman–Crippen MR) is 67.2 cm³/mol. The third kappa shape index (κ3) is 2.74. The number of halogens is 1. The monoisotopic (exact) mass is 251 g/mol. The fourth-order valence-electron chi connectivity index (χ4n) is 1.56. The summed E-state index contributed by atoms with van der Waals surface area (Å²) in [6.45, 7) is 2.68. The second kappa shape index (κ2) is 5.14. The van der Waals surface area contributed by atoms with Crippen molar-refractivity contribution >= 4 is 17.4 Å². The first kappa shape index (κ1) is 11.9. The van der Waals surface area contributed by atoms with Crippen molar-refractivity contribution in [2.45, 2.75) is 13.3 Å². The first-order chi connectivity index (χ1) is 8.18. The Morgan fingerprint density at radius 3 is 2.94 bits per heavy atom. The minimum absolute atomic E-state index is 0.489. The minimum Gasteiger partial charge on any atom is -0.369 e. The number of hydrogen-bond acceptors (Lipinski definition) is 4. The smallest absolute Gasteiger partial charge is 0.137 e. The summed E-state index contributed by atoms with van der Waals surface area (Å²) < 4.78 is 1.86. The average Bonchev–Trinajstić information content (AvgIpc) is 2.71. The van der Waals surface area contributed by atoms with Gasteiger partial charge in [0.05, 0.1) is 0 Å². The Morgan fingerprint density at radius 1 is 1.41 bits per heavy atom. The van der Waals surface area contributed by atoms with Crippen LogP contribution in [0.5, 0.6) is 0 Å². The van der Waals surface area contributed by atoms with Crippen LogP contribution in [0.1, 0.15) is 11.3 Å². The van der Waals surface area contributed by atoms with Gasteiger partial charge < -0.3 is 5.32 Å². The van der Waals surface area contributed by atoms with Gasteiger partial charge in [0.2, 0.25) is 0 Å². The topological polar surface area (TPSA) is 55.6 Å². The summed E-state index contributed by atoms with van der Waals surface area (Å²) in [6, 6.07) is 2.00. The number of anilines is 1. The van der Waals surface area contributed by atoms with Crippen molar-refractivity contribution in [1.82, 2.24) is 19.7 Å². The molecule has 0 saturated carbocycles. The first-order valence-corrected chi connectivity index (χ1v) is 5.74. The molecular weight excluding hydrogens is 238 g/mol. The van der Waals surface area contributed by atoms with Crippen LogP contribution in [0.3, 0.4) is 0 Å². The van der Waals surface area contributed by atoms with Crippen LogP contribution in [0, 0.1) is 6.92 Å². The zero-order valence-corrected chi connectivity index (χ0v) is 10.6. The van der Waals surface area contributed by atoms with Gasteiger partial charge in [0.1, 0.15) is 17.3 Å². The van der Waals surface area contributed by atoms with Gasteiger partial charge in [-0.1, -0.05) is 11.6 Å². The molecule has 1 N–H and O–H groups in total. The summed E-state index contributed by atoms with van der Waals surface area (Å²) in [4.78, 5) is 8.06. The van der Waals surface area contributed by atoms with Crippen molar-refractivity contribution < 1.29 is 0 Å². The van der Waals surface area contributed by atoms with E-state index in [2.05, 4.69) is 20.4 Å². The number of hydrogen-bond donors (Lipinski definition) is 1. The Labute approximate surface area is 105 Å². The van der Waals surface area contributed by atoms with E-state index in [-0.39, 0.29) is 0 Å². The summed E-state index contributed by atoms with van der Waals surface area (Å²) in [6.07, 6.45) is 4.14. The lowest BCUT2D eigenvalue weighted by Crippen LogP contribution is -2.10. The Bertz CT molecular complexity index is 508. The van der Waals surface area contributed by atoms with Crippen LogP contribution in [0.25, 0.3) is 0 Å². The molecule has 2 rings (SSSR count). The quantitative estimate of drug-likeness (QED) is 0.843. The van der Waals surface area contributed by atoms with Crippen LogP contribution in [-0.2, 0) is 13.5 Å². The van der Waals surface area contributed by atoms with Crippen LogP contribution in [0.4, 0.5) is 5.82 Å². The molecule has 2 aromatic rings. The predicted octanol–water partition coefficient (Wildman–Crippen LogP) is 1.83. The van der Waals surface area contributed by atoms with E-state index in [1.165, 1.54) is 12.0 Å². The lowest BCUT2D eigenvalue weighted by Gasteiger charge is -2.08. The van der Waals surface area contributed by atoms with Crippen molar-refractivity contribution in [3.05, 3.63) is 35.0 Å². The third-order valence-electron chi connectivity index (χ3n) is 2.62. The van der Waals surface area contributed by atoms with E-state index in [0.717, 1.165) is 24.3 Å². The van der Waals surface area contributed by atoms with Gasteiger partial charge in [0.25, 0.3) is 0 Å². The lowest BCUT2D eigenvalue weighted by molar-refractivity contribution is 0.711. The standard InChI is InChI=1S/C11H14ClN5/c1-8-10(12)14-7-15-11(8)13-5-3-9-4-6-16-17(9)2/h4,6-7H,3,5H2,1-2H3,(H,13,14,15). The molecule has 0 aliphatic heterocycles. The number of aryl methyl sites for hydroxylation is 1. The summed E-state index contributed by atoms with van der Waals surface area (Å²) in [5.74, 6) is 0.784. The van der Waals surface area contributed by atoms with E-state index in [4.69, 9.17) is 11.6 Å². The molecule has 6 heteroatoms. The molecule has 0 bridgehead atoms. The molecule has 0 aliphatic rings. The van der Waals surface area contributed by atoms with Gasteiger partial charge in [-0.05, 0) is 13.0 Å². The Hall–Kier alpha value is -1.62. The molecule has 0 aliphatic carbocycles. The van der Waals surface area contributed by atoms with Gasteiger partial charge in [-0.15, -0.1) is 0 Å². The zero-order valence-electron chi connectivity index (χ0n) is 9.81. The fourth-order valence-corrected chi connectivity index (χ4v) is 1.70. The number of rotatable bonds is 4. The Balaban J connectivity index is 1.95. The molecule has 0 aromatic carbocycles. The highest BCUT2D eigenvalue weighted by molar-refractivity contribution is 6.30. The molecule has 0 amide bonds. The largest absolute Gasteiger partial charge is 0.369 e. The zero-order chi connectivity index (χ0) is 12.3. The molecule has 90 valence electrons. The molecule has 17 heavy (non-hydrogen) atoms. The highest BCUT2D eigenvalue weighted by atomic mass is 35.5. The molecule has 2 aromatic heterocycles. The fraction of sp³-hybridized carbons (Fsp3) is 0.364. The third-order valence-corrected chi connectivity index (χ3v) is 3.00. The van der Waals surface area contributed by atoms with Crippen molar-refractivity contribution in [1.29, 1.82) is 0 Å². The van der Waals surface area contributed by atoms with E-state index in [0.29, 0.717) is 5.15 Å². The van der Waals surface area contributed by atoms with Gasteiger partial charge in [-0.2, -0.15) is 5.10 Å². The molecule has 0 fully saturated rings. The van der Waals surface area contributed by atoms with Crippen LogP contribution in [-0.4, -0.2) is 26.3 Å². The van der Waals surface area contributed by atoms with Crippen molar-refractivity contribution in [3.8, 4) is 0 Å². The van der Waals surface area contributed by atoms with Gasteiger partial charge in [-0.3, -0.25) is 4.68 Å². The Kier molecular flexibility index (Phi) is 3.58. The SMILES string of the molecule is Cc1c(Cl)ncnc1NCCc1ccnn1C. The molecule has 0 radical (unpaired) electrons. The first-order valence-electron chi connectivity index (χ1n) is 5.36. The average molecular weight is 252 g/mol. The van der Waals surface area contributed by atoms with E-state index in [9.17, 15) is 0 Å². The highest BCUT2D eigenvalue weighted by Crippen LogP contribution is 2.17. The maximum atomic E-state index is 5.91. The van der Waals surface area contributed by atoms with Crippen molar-refractivity contribution in [2.24, 2.45) is 7.05 Å². The molecule has 0 spiro atoms. The maximum Gasteiger partial charge on any atom is 0.137 e. The van der Waals surface area contributed by atoms with E-state index >= 15 is 0 Å². The maximum absolute atomic E-state index is 5.91. The van der Waals surface area contributed by atoms with Crippen LogP contribution >= 0.6 is 11.6 Å². The van der Waals surface area contributed by atoms with Crippen molar-refractivity contribution in [2.75, 3.05) is 11.9 Å². The van der Waals surface area contributed by atoms with E-state index in [1.54, 1.807) is 6.20 Å². The number of nitrogens with zero attached hydrogens (tertiary/aromatic N) is 4. The lowest BCUT2D eigenvalue weighted by atomic mass is 10.3. The Morgan fingerprint density at radius 2 is 2.24 bits per heavy atom. The summed E-state index contributed by atoms with van der Waals surface area (Å²) >= 11 is 5.91. The normalized spacial score (nSPS) is 10.5. The number of aromatic nitrogens is 4. The van der Waals surface area contributed by atoms with Crippen molar-refractivity contribution in [3.63, 3.8) is 0 Å². The second-order valence-corrected chi connectivity index (χ2v) is 4.12. The molecule has 0 atom stereocenters. The van der Waals surface area contributed by atoms with Gasteiger partial charge in [0.15, 0.2) is 0 Å². The molecule has 2 heterocycles. The van der Waals surface area contributed by atoms with Gasteiger partial charge in [0, 0.05) is 37.5 Å². The van der Waals surface area contributed by atoms with Gasteiger partial charge in [-0.25, -0.2) is 9.97 Å². The van der Waals surface area contributed by atoms with Crippen LogP contribution < -0.4 is 5.32 Å². The van der Waals surface area contributed by atoms with E-state index < -0.39 is 0 Å². The molecule has 0 saturated heterocycles. The number of nitrogens with one attached hydrogen (secondary N) is 1. The van der Waals surface area contributed by atoms with Crippen LogP contribution in [0.2, 0.25) is 5.15 Å². The summed E-state index contributed by atoms with van der Waals surface area (Å²) in [5.41, 5.74) is 2.05. The second-order valence-electron chi connectivity index (χ2n) is 3.76. The summed E-state index contributed by atoms with van der Waals surface area (Å²) in [5, 5.41) is 7.85.